The lowest BCUT2D eigenvalue weighted by atomic mass is 9.84. The minimum Gasteiger partial charge on any atom is -0.351 e. The number of hydrogen-bond donors (Lipinski definition) is 1. The molecule has 2 aromatic carbocycles. The second kappa shape index (κ2) is 8.35. The van der Waals surface area contributed by atoms with Crippen molar-refractivity contribution in [1.29, 1.82) is 0 Å². The second-order valence-electron chi connectivity index (χ2n) is 7.57. The van der Waals surface area contributed by atoms with Crippen molar-refractivity contribution in [2.75, 3.05) is 13.1 Å². The molecule has 0 unspecified atom stereocenters. The van der Waals surface area contributed by atoms with Crippen LogP contribution in [0.2, 0.25) is 0 Å². The van der Waals surface area contributed by atoms with E-state index in [4.69, 9.17) is 0 Å². The SMILES string of the molecule is CC(C)(C(=O)NCc1ccc(S(=O)(=O)N2CCCC2)cc1)c1ccc(Br)cc1. The predicted octanol–water partition coefficient (Wildman–Crippen LogP) is 3.83. The average Bonchev–Trinajstić information content (AvgIpc) is 3.22. The predicted molar refractivity (Wildman–Crippen MR) is 113 cm³/mol. The number of benzene rings is 2. The van der Waals surface area contributed by atoms with Gasteiger partial charge in [-0.05, 0) is 62.1 Å². The second-order valence-corrected chi connectivity index (χ2v) is 10.4. The molecule has 0 aromatic heterocycles. The highest BCUT2D eigenvalue weighted by Crippen LogP contribution is 2.25. The van der Waals surface area contributed by atoms with E-state index in [9.17, 15) is 13.2 Å². The first kappa shape index (κ1) is 21.0. The van der Waals surface area contributed by atoms with E-state index < -0.39 is 15.4 Å². The van der Waals surface area contributed by atoms with Crippen molar-refractivity contribution >= 4 is 31.9 Å². The largest absolute Gasteiger partial charge is 0.351 e. The van der Waals surface area contributed by atoms with Crippen LogP contribution in [0.5, 0.6) is 0 Å². The van der Waals surface area contributed by atoms with Crippen LogP contribution >= 0.6 is 15.9 Å². The van der Waals surface area contributed by atoms with Crippen molar-refractivity contribution in [2.24, 2.45) is 0 Å². The van der Waals surface area contributed by atoms with Crippen molar-refractivity contribution < 1.29 is 13.2 Å². The number of halogens is 1. The maximum Gasteiger partial charge on any atom is 0.243 e. The summed E-state index contributed by atoms with van der Waals surface area (Å²) >= 11 is 3.41. The summed E-state index contributed by atoms with van der Waals surface area (Å²) in [7, 11) is -3.41. The molecule has 0 spiro atoms. The van der Waals surface area contributed by atoms with Crippen LogP contribution in [0.1, 0.15) is 37.8 Å². The van der Waals surface area contributed by atoms with Gasteiger partial charge in [0.2, 0.25) is 15.9 Å². The molecule has 28 heavy (non-hydrogen) atoms. The minimum atomic E-state index is -3.41. The van der Waals surface area contributed by atoms with Crippen molar-refractivity contribution in [1.82, 2.24) is 9.62 Å². The molecule has 3 rings (SSSR count). The molecule has 0 saturated carbocycles. The van der Waals surface area contributed by atoms with E-state index in [1.807, 2.05) is 38.1 Å². The molecule has 1 fully saturated rings. The molecular formula is C21H25BrN2O3S. The number of nitrogens with one attached hydrogen (secondary N) is 1. The van der Waals surface area contributed by atoms with Gasteiger partial charge in [0.15, 0.2) is 0 Å². The van der Waals surface area contributed by atoms with Gasteiger partial charge in [-0.25, -0.2) is 8.42 Å². The summed E-state index contributed by atoms with van der Waals surface area (Å²) in [5.74, 6) is -0.0800. The first-order chi connectivity index (χ1) is 13.2. The Morgan fingerprint density at radius 2 is 1.61 bits per heavy atom. The number of carbonyl (C=O) groups is 1. The molecule has 7 heteroatoms. The molecule has 1 aliphatic rings. The van der Waals surface area contributed by atoms with E-state index in [0.717, 1.165) is 28.4 Å². The van der Waals surface area contributed by atoms with E-state index in [0.29, 0.717) is 24.5 Å². The van der Waals surface area contributed by atoms with Gasteiger partial charge in [-0.3, -0.25) is 4.79 Å². The van der Waals surface area contributed by atoms with Crippen LogP contribution in [0.4, 0.5) is 0 Å². The molecule has 0 atom stereocenters. The van der Waals surface area contributed by atoms with Gasteiger partial charge >= 0.3 is 0 Å². The monoisotopic (exact) mass is 464 g/mol. The summed E-state index contributed by atoms with van der Waals surface area (Å²) in [6.07, 6.45) is 1.83. The highest BCUT2D eigenvalue weighted by atomic mass is 79.9. The average molecular weight is 465 g/mol. The Kier molecular flexibility index (Phi) is 6.27. The first-order valence-corrected chi connectivity index (χ1v) is 11.6. The van der Waals surface area contributed by atoms with E-state index in [1.165, 1.54) is 4.31 Å². The van der Waals surface area contributed by atoms with Gasteiger partial charge in [0.05, 0.1) is 10.3 Å². The molecule has 5 nitrogen and oxygen atoms in total. The molecule has 1 saturated heterocycles. The highest BCUT2D eigenvalue weighted by molar-refractivity contribution is 9.10. The first-order valence-electron chi connectivity index (χ1n) is 9.35. The van der Waals surface area contributed by atoms with Gasteiger partial charge in [0.25, 0.3) is 0 Å². The highest BCUT2D eigenvalue weighted by Gasteiger charge is 2.30. The fourth-order valence-electron chi connectivity index (χ4n) is 3.26. The molecule has 0 radical (unpaired) electrons. The van der Waals surface area contributed by atoms with E-state index >= 15 is 0 Å². The molecule has 0 aliphatic carbocycles. The van der Waals surface area contributed by atoms with Crippen LogP contribution in [-0.4, -0.2) is 31.7 Å². The molecule has 0 bridgehead atoms. The smallest absolute Gasteiger partial charge is 0.243 e. The number of carbonyl (C=O) groups excluding carboxylic acids is 1. The van der Waals surface area contributed by atoms with Crippen LogP contribution in [-0.2, 0) is 26.8 Å². The third kappa shape index (κ3) is 4.47. The summed E-state index contributed by atoms with van der Waals surface area (Å²) in [5.41, 5.74) is 1.13. The standard InChI is InChI=1S/C21H25BrN2O3S/c1-21(2,17-7-9-18(22)10-8-17)20(25)23-15-16-5-11-19(12-6-16)28(26,27)24-13-3-4-14-24/h5-12H,3-4,13-15H2,1-2H3,(H,23,25). The molecule has 1 aliphatic heterocycles. The van der Waals surface area contributed by atoms with Gasteiger partial charge in [-0.1, -0.05) is 40.2 Å². The minimum absolute atomic E-state index is 0.0800. The maximum absolute atomic E-state index is 12.7. The fraction of sp³-hybridized carbons (Fsp3) is 0.381. The lowest BCUT2D eigenvalue weighted by Gasteiger charge is -2.24. The Balaban J connectivity index is 1.64. The molecular weight excluding hydrogens is 440 g/mol. The molecule has 150 valence electrons. The van der Waals surface area contributed by atoms with Crippen molar-refractivity contribution in [2.45, 2.75) is 43.5 Å². The third-order valence-electron chi connectivity index (χ3n) is 5.21. The summed E-state index contributed by atoms with van der Waals surface area (Å²) in [4.78, 5) is 13.0. The number of sulfonamides is 1. The van der Waals surface area contributed by atoms with Crippen LogP contribution in [0, 0.1) is 0 Å². The van der Waals surface area contributed by atoms with Crippen LogP contribution in [0.25, 0.3) is 0 Å². The van der Waals surface area contributed by atoms with Gasteiger partial charge in [-0.15, -0.1) is 0 Å². The Bertz CT molecular complexity index is 933. The molecule has 1 heterocycles. The zero-order valence-corrected chi connectivity index (χ0v) is 18.5. The summed E-state index contributed by atoms with van der Waals surface area (Å²) in [6, 6.07) is 14.5. The van der Waals surface area contributed by atoms with Crippen molar-refractivity contribution in [3.05, 3.63) is 64.1 Å². The quantitative estimate of drug-likeness (QED) is 0.706. The zero-order chi connectivity index (χ0) is 20.4. The van der Waals surface area contributed by atoms with Crippen LogP contribution in [0.15, 0.2) is 57.9 Å². The van der Waals surface area contributed by atoms with Gasteiger partial charge in [0, 0.05) is 24.1 Å². The van der Waals surface area contributed by atoms with Crippen molar-refractivity contribution in [3.8, 4) is 0 Å². The summed E-state index contributed by atoms with van der Waals surface area (Å²) < 4.78 is 27.7. The topological polar surface area (TPSA) is 66.5 Å². The Morgan fingerprint density at radius 1 is 1.04 bits per heavy atom. The molecule has 2 aromatic rings. The van der Waals surface area contributed by atoms with Crippen molar-refractivity contribution in [3.63, 3.8) is 0 Å². The Morgan fingerprint density at radius 3 is 2.18 bits per heavy atom. The third-order valence-corrected chi connectivity index (χ3v) is 7.65. The number of amides is 1. The molecule has 1 N–H and O–H groups in total. The van der Waals surface area contributed by atoms with Gasteiger partial charge in [-0.2, -0.15) is 4.31 Å². The zero-order valence-electron chi connectivity index (χ0n) is 16.1. The van der Waals surface area contributed by atoms with E-state index in [2.05, 4.69) is 21.2 Å². The van der Waals surface area contributed by atoms with Gasteiger partial charge in [0.1, 0.15) is 0 Å². The van der Waals surface area contributed by atoms with E-state index in [1.54, 1.807) is 24.3 Å². The lowest BCUT2D eigenvalue weighted by Crippen LogP contribution is -2.39. The number of rotatable bonds is 6. The van der Waals surface area contributed by atoms with E-state index in [-0.39, 0.29) is 5.91 Å². The number of nitrogens with zero attached hydrogens (tertiary/aromatic N) is 1. The summed E-state index contributed by atoms with van der Waals surface area (Å²) in [6.45, 7) is 5.30. The maximum atomic E-state index is 12.7. The Hall–Kier alpha value is -1.70. The fourth-order valence-corrected chi connectivity index (χ4v) is 5.04. The number of hydrogen-bond acceptors (Lipinski definition) is 3. The van der Waals surface area contributed by atoms with Gasteiger partial charge < -0.3 is 5.32 Å². The lowest BCUT2D eigenvalue weighted by molar-refractivity contribution is -0.125. The molecule has 1 amide bonds. The Labute approximate surface area is 175 Å². The summed E-state index contributed by atoms with van der Waals surface area (Å²) in [5, 5.41) is 2.96. The van der Waals surface area contributed by atoms with Crippen LogP contribution < -0.4 is 5.32 Å². The normalized spacial score (nSPS) is 15.5. The van der Waals surface area contributed by atoms with Crippen LogP contribution in [0.3, 0.4) is 0 Å².